The molecule has 110 valence electrons. The molecule has 0 saturated heterocycles. The minimum atomic E-state index is -0.268. The number of carbonyl (C=O) groups excluding carboxylic acids is 1. The molecule has 4 heteroatoms. The minimum absolute atomic E-state index is 0. The van der Waals surface area contributed by atoms with Crippen molar-refractivity contribution in [3.63, 3.8) is 0 Å². The van der Waals surface area contributed by atoms with Crippen molar-refractivity contribution >= 4 is 5.78 Å². The predicted molar refractivity (Wildman–Crippen MR) is 79.7 cm³/mol. The molecular weight excluding hydrogens is 389 g/mol. The number of aryl methyl sites for hydroxylation is 2. The molecule has 1 aromatic heterocycles. The van der Waals surface area contributed by atoms with Gasteiger partial charge in [0, 0.05) is 35.6 Å². The molecule has 0 amide bonds. The third kappa shape index (κ3) is 4.51. The SMILES string of the molecule is Cc1[c-]n(C)c(=O)c(C(=O)/C=C/C2[CH]CCCC2)c1C.[La]. The van der Waals surface area contributed by atoms with Crippen molar-refractivity contribution in [1.29, 1.82) is 0 Å². The monoisotopic (exact) mass is 410 g/mol. The summed E-state index contributed by atoms with van der Waals surface area (Å²) < 4.78 is 1.36. The number of pyridine rings is 1. The quantitative estimate of drug-likeness (QED) is 0.437. The largest absolute Gasteiger partial charge is 0.426 e. The predicted octanol–water partition coefficient (Wildman–Crippen LogP) is 2.94. The van der Waals surface area contributed by atoms with Crippen LogP contribution in [0.4, 0.5) is 0 Å². The zero-order valence-electron chi connectivity index (χ0n) is 13.0. The zero-order chi connectivity index (χ0) is 14.7. The van der Waals surface area contributed by atoms with Crippen molar-refractivity contribution in [1.82, 2.24) is 4.57 Å². The van der Waals surface area contributed by atoms with Crippen LogP contribution in [0.25, 0.3) is 0 Å². The van der Waals surface area contributed by atoms with Gasteiger partial charge in [-0.05, 0) is 43.9 Å². The number of rotatable bonds is 3. The van der Waals surface area contributed by atoms with E-state index in [1.165, 1.54) is 17.4 Å². The number of aromatic nitrogens is 1. The van der Waals surface area contributed by atoms with E-state index in [-0.39, 0.29) is 52.5 Å². The van der Waals surface area contributed by atoms with E-state index < -0.39 is 0 Å². The van der Waals surface area contributed by atoms with Gasteiger partial charge in [0.1, 0.15) is 5.56 Å². The molecule has 0 aromatic carbocycles. The third-order valence-corrected chi connectivity index (χ3v) is 3.99. The van der Waals surface area contributed by atoms with E-state index in [2.05, 4.69) is 12.6 Å². The van der Waals surface area contributed by atoms with E-state index in [4.69, 9.17) is 0 Å². The Labute approximate surface area is 154 Å². The second-order valence-electron chi connectivity index (χ2n) is 5.51. The summed E-state index contributed by atoms with van der Waals surface area (Å²) in [6.07, 6.45) is 13.3. The number of nitrogens with zero attached hydrogens (tertiary/aromatic N) is 1. The number of carbonyl (C=O) groups is 1. The van der Waals surface area contributed by atoms with Gasteiger partial charge in [-0.25, -0.2) is 0 Å². The molecule has 1 heterocycles. The first-order valence-electron chi connectivity index (χ1n) is 7.16. The van der Waals surface area contributed by atoms with Gasteiger partial charge in [0.25, 0.3) is 0 Å². The molecule has 1 aliphatic carbocycles. The van der Waals surface area contributed by atoms with Crippen molar-refractivity contribution in [3.8, 4) is 0 Å². The normalized spacial score (nSPS) is 16.0. The molecular formula is C17H21LaNO2-. The first-order valence-corrected chi connectivity index (χ1v) is 7.16. The van der Waals surface area contributed by atoms with Gasteiger partial charge in [0.05, 0.1) is 0 Å². The van der Waals surface area contributed by atoms with Gasteiger partial charge in [-0.15, -0.1) is 11.1 Å². The molecule has 1 saturated carbocycles. The van der Waals surface area contributed by atoms with E-state index in [1.54, 1.807) is 20.0 Å². The van der Waals surface area contributed by atoms with E-state index in [0.717, 1.165) is 24.0 Å². The van der Waals surface area contributed by atoms with Crippen LogP contribution < -0.4 is 5.56 Å². The number of ketones is 1. The van der Waals surface area contributed by atoms with Crippen LogP contribution in [0.15, 0.2) is 16.9 Å². The van der Waals surface area contributed by atoms with E-state index >= 15 is 0 Å². The first-order chi connectivity index (χ1) is 9.50. The summed E-state index contributed by atoms with van der Waals surface area (Å²) in [6, 6.07) is 0. The molecule has 0 aliphatic heterocycles. The van der Waals surface area contributed by atoms with Gasteiger partial charge in [0.15, 0.2) is 5.78 Å². The maximum Gasteiger partial charge on any atom is 0.167 e. The topological polar surface area (TPSA) is 39.1 Å². The Hall–Kier alpha value is -0.445. The van der Waals surface area contributed by atoms with Gasteiger partial charge >= 0.3 is 0 Å². The maximum absolute atomic E-state index is 12.3. The van der Waals surface area contributed by atoms with Crippen LogP contribution >= 0.6 is 0 Å². The van der Waals surface area contributed by atoms with Gasteiger partial charge < -0.3 is 9.36 Å². The summed E-state index contributed by atoms with van der Waals surface area (Å²) in [6.45, 7) is 3.67. The Balaban J connectivity index is 0.00000220. The zero-order valence-corrected chi connectivity index (χ0v) is 16.6. The minimum Gasteiger partial charge on any atom is -0.426 e. The number of allylic oxidation sites excluding steroid dienone is 2. The smallest absolute Gasteiger partial charge is 0.167 e. The third-order valence-electron chi connectivity index (χ3n) is 3.99. The molecule has 1 atom stereocenters. The molecule has 2 rings (SSSR count). The summed E-state index contributed by atoms with van der Waals surface area (Å²) in [4.78, 5) is 24.4. The molecule has 21 heavy (non-hydrogen) atoms. The Morgan fingerprint density at radius 3 is 2.71 bits per heavy atom. The summed E-state index contributed by atoms with van der Waals surface area (Å²) in [5, 5.41) is 0. The van der Waals surface area contributed by atoms with Gasteiger partial charge in [-0.3, -0.25) is 4.79 Å². The first kappa shape index (κ1) is 18.6. The van der Waals surface area contributed by atoms with E-state index in [1.807, 2.05) is 13.0 Å². The van der Waals surface area contributed by atoms with Crippen LogP contribution in [-0.2, 0) is 7.05 Å². The Bertz CT molecular complexity index is 596. The number of hydrogen-bond acceptors (Lipinski definition) is 2. The van der Waals surface area contributed by atoms with Crippen molar-refractivity contribution < 1.29 is 40.4 Å². The summed E-state index contributed by atoms with van der Waals surface area (Å²) in [7, 11) is 1.63. The van der Waals surface area contributed by atoms with E-state index in [0.29, 0.717) is 5.92 Å². The summed E-state index contributed by atoms with van der Waals surface area (Å²) in [5.41, 5.74) is 1.58. The standard InChI is InChI=1S/C17H21NO2.La/c1-12-11-18(3)17(20)16(13(12)2)15(19)10-9-14-7-5-4-6-8-14;/h7,9-10,14H,4-6,8H2,1-3H3;/q-1;/b10-9+;. The average Bonchev–Trinajstić information content (AvgIpc) is 2.44. The molecule has 1 unspecified atom stereocenters. The van der Waals surface area contributed by atoms with Crippen LogP contribution in [-0.4, -0.2) is 10.4 Å². The molecule has 0 N–H and O–H groups in total. The molecule has 1 aliphatic rings. The van der Waals surface area contributed by atoms with Crippen LogP contribution in [0.3, 0.4) is 0 Å². The Morgan fingerprint density at radius 1 is 1.38 bits per heavy atom. The molecule has 0 spiro atoms. The van der Waals surface area contributed by atoms with E-state index in [9.17, 15) is 9.59 Å². The molecule has 1 aromatic rings. The fourth-order valence-electron chi connectivity index (χ4n) is 2.64. The molecule has 0 bridgehead atoms. The van der Waals surface area contributed by atoms with Crippen LogP contribution in [0.2, 0.25) is 0 Å². The maximum atomic E-state index is 12.3. The van der Waals surface area contributed by atoms with Crippen LogP contribution in [0.1, 0.15) is 47.2 Å². The molecule has 1 fully saturated rings. The summed E-state index contributed by atoms with van der Waals surface area (Å²) >= 11 is 0. The fourth-order valence-corrected chi connectivity index (χ4v) is 2.64. The van der Waals surface area contributed by atoms with Crippen molar-refractivity contribution in [2.45, 2.75) is 39.5 Å². The Morgan fingerprint density at radius 2 is 2.10 bits per heavy atom. The van der Waals surface area contributed by atoms with Crippen molar-refractivity contribution in [2.75, 3.05) is 0 Å². The van der Waals surface area contributed by atoms with Gasteiger partial charge in [0.2, 0.25) is 0 Å². The second-order valence-corrected chi connectivity index (χ2v) is 5.51. The molecule has 3 nitrogen and oxygen atoms in total. The van der Waals surface area contributed by atoms with Crippen LogP contribution in [0.5, 0.6) is 0 Å². The Kier molecular flexibility index (Phi) is 7.31. The van der Waals surface area contributed by atoms with Crippen molar-refractivity contribution in [2.24, 2.45) is 13.0 Å². The van der Waals surface area contributed by atoms with Crippen molar-refractivity contribution in [3.05, 3.63) is 51.8 Å². The molecule has 2 radical (unpaired) electrons. The average molecular weight is 410 g/mol. The van der Waals surface area contributed by atoms with Crippen LogP contribution in [0, 0.1) is 68.0 Å². The van der Waals surface area contributed by atoms with Gasteiger partial charge in [-0.2, -0.15) is 0 Å². The van der Waals surface area contributed by atoms with Gasteiger partial charge in [-0.1, -0.05) is 39.0 Å². The summed E-state index contributed by atoms with van der Waals surface area (Å²) in [5.74, 6) is 0.174. The fraction of sp³-hybridized carbons (Fsp3) is 0.471. The second kappa shape index (κ2) is 8.26. The number of hydrogen-bond donors (Lipinski definition) is 0.